The molecule has 1 heterocycles. The average molecular weight is 361 g/mol. The van der Waals surface area contributed by atoms with Crippen molar-refractivity contribution >= 4 is 5.96 Å². The molecule has 0 fully saturated rings. The quantitative estimate of drug-likeness (QED) is 0.494. The van der Waals surface area contributed by atoms with Crippen LogP contribution in [0.5, 0.6) is 11.5 Å². The van der Waals surface area contributed by atoms with E-state index in [1.807, 2.05) is 25.1 Å². The van der Waals surface area contributed by atoms with Gasteiger partial charge in [0.15, 0.2) is 17.5 Å². The van der Waals surface area contributed by atoms with Gasteiger partial charge in [-0.3, -0.25) is 0 Å². The Labute approximate surface area is 154 Å². The Kier molecular flexibility index (Phi) is 6.91. The molecule has 3 N–H and O–H groups in total. The van der Waals surface area contributed by atoms with Crippen LogP contribution in [-0.4, -0.2) is 38.4 Å². The van der Waals surface area contributed by atoms with Crippen molar-refractivity contribution in [2.45, 2.75) is 26.0 Å². The zero-order valence-corrected chi connectivity index (χ0v) is 15.7. The van der Waals surface area contributed by atoms with Crippen LogP contribution >= 0.6 is 0 Å². The third-order valence-electron chi connectivity index (χ3n) is 3.86. The monoisotopic (exact) mass is 361 g/mol. The maximum atomic E-state index is 10.5. The van der Waals surface area contributed by atoms with E-state index >= 15 is 0 Å². The van der Waals surface area contributed by atoms with Crippen LogP contribution in [0.2, 0.25) is 0 Å². The van der Waals surface area contributed by atoms with Crippen molar-refractivity contribution in [3.63, 3.8) is 0 Å². The first-order valence-corrected chi connectivity index (χ1v) is 8.49. The van der Waals surface area contributed by atoms with Crippen LogP contribution < -0.4 is 20.1 Å². The number of benzene rings is 1. The predicted octanol–water partition coefficient (Wildman–Crippen LogP) is 2.26. The molecule has 0 radical (unpaired) electrons. The van der Waals surface area contributed by atoms with Crippen LogP contribution in [0.1, 0.15) is 25.2 Å². The van der Waals surface area contributed by atoms with Crippen molar-refractivity contribution < 1.29 is 19.0 Å². The molecule has 0 aliphatic rings. The fourth-order valence-electron chi connectivity index (χ4n) is 2.42. The number of methoxy groups -OCH3 is 2. The lowest BCUT2D eigenvalue weighted by atomic mass is 10.0. The number of aliphatic hydroxyl groups is 1. The van der Waals surface area contributed by atoms with Crippen LogP contribution in [0, 0.1) is 0 Å². The molecule has 0 saturated heterocycles. The fourth-order valence-corrected chi connectivity index (χ4v) is 2.42. The molecule has 1 aromatic carbocycles. The second-order valence-corrected chi connectivity index (χ2v) is 5.99. The lowest BCUT2D eigenvalue weighted by Gasteiger charge is -2.22. The summed E-state index contributed by atoms with van der Waals surface area (Å²) in [5.41, 5.74) is -0.152. The fraction of sp³-hybridized carbons (Fsp3) is 0.421. The molecular formula is C19H27N3O4. The molecule has 7 heteroatoms. The first-order chi connectivity index (χ1) is 12.5. The highest BCUT2D eigenvalue weighted by Gasteiger charge is 2.26. The van der Waals surface area contributed by atoms with Crippen molar-refractivity contribution in [1.29, 1.82) is 0 Å². The minimum absolute atomic E-state index is 0.262. The van der Waals surface area contributed by atoms with Gasteiger partial charge in [0.2, 0.25) is 0 Å². The summed E-state index contributed by atoms with van der Waals surface area (Å²) >= 11 is 0. The second kappa shape index (κ2) is 9.15. The van der Waals surface area contributed by atoms with Gasteiger partial charge in [0.1, 0.15) is 11.4 Å². The summed E-state index contributed by atoms with van der Waals surface area (Å²) in [5.74, 6) is 2.45. The summed E-state index contributed by atoms with van der Waals surface area (Å²) in [6.45, 7) is 5.10. The van der Waals surface area contributed by atoms with Crippen LogP contribution in [-0.2, 0) is 12.1 Å². The number of ether oxygens (including phenoxy) is 2. The molecule has 7 nitrogen and oxygen atoms in total. The lowest BCUT2D eigenvalue weighted by Crippen LogP contribution is -2.44. The molecule has 142 valence electrons. The number of guanidine groups is 1. The van der Waals surface area contributed by atoms with Crippen molar-refractivity contribution in [1.82, 2.24) is 10.6 Å². The highest BCUT2D eigenvalue weighted by Crippen LogP contribution is 2.27. The Bertz CT molecular complexity index is 712. The largest absolute Gasteiger partial charge is 0.493 e. The molecule has 0 saturated carbocycles. The molecule has 2 aromatic rings. The zero-order chi connectivity index (χ0) is 19.0. The third-order valence-corrected chi connectivity index (χ3v) is 3.86. The van der Waals surface area contributed by atoms with E-state index in [1.165, 1.54) is 0 Å². The van der Waals surface area contributed by atoms with E-state index in [2.05, 4.69) is 15.6 Å². The molecule has 1 atom stereocenters. The first-order valence-electron chi connectivity index (χ1n) is 8.49. The number of hydrogen-bond donors (Lipinski definition) is 3. The number of rotatable bonds is 8. The van der Waals surface area contributed by atoms with Gasteiger partial charge in [0.05, 0.1) is 33.6 Å². The summed E-state index contributed by atoms with van der Waals surface area (Å²) in [7, 11) is 3.21. The molecule has 0 amide bonds. The highest BCUT2D eigenvalue weighted by molar-refractivity contribution is 5.79. The Morgan fingerprint density at radius 2 is 1.96 bits per heavy atom. The normalized spacial score (nSPS) is 13.8. The first kappa shape index (κ1) is 19.7. The van der Waals surface area contributed by atoms with Gasteiger partial charge in [0, 0.05) is 6.54 Å². The Morgan fingerprint density at radius 1 is 1.19 bits per heavy atom. The van der Waals surface area contributed by atoms with Gasteiger partial charge in [0.25, 0.3) is 0 Å². The predicted molar refractivity (Wildman–Crippen MR) is 101 cm³/mol. The SMILES string of the molecule is CCNC(=NCc1ccc(OC)c(OC)c1)NCC(C)(O)c1ccco1. The standard InChI is InChI=1S/C19H27N3O4/c1-5-20-18(22-13-19(2,23)17-7-6-10-26-17)21-12-14-8-9-15(24-3)16(11-14)25-4/h6-11,23H,5,12-13H2,1-4H3,(H2,20,21,22). The molecule has 0 aliphatic heterocycles. The van der Waals surface area contributed by atoms with Gasteiger partial charge in [-0.05, 0) is 43.7 Å². The van der Waals surface area contributed by atoms with Crippen molar-refractivity contribution in [2.75, 3.05) is 27.3 Å². The van der Waals surface area contributed by atoms with Crippen LogP contribution in [0.3, 0.4) is 0 Å². The number of hydrogen-bond acceptors (Lipinski definition) is 5. The van der Waals surface area contributed by atoms with E-state index in [0.717, 1.165) is 5.56 Å². The summed E-state index contributed by atoms with van der Waals surface area (Å²) in [6, 6.07) is 9.18. The second-order valence-electron chi connectivity index (χ2n) is 5.99. The number of furan rings is 1. The molecule has 1 unspecified atom stereocenters. The van der Waals surface area contributed by atoms with Crippen LogP contribution in [0.25, 0.3) is 0 Å². The Morgan fingerprint density at radius 3 is 2.58 bits per heavy atom. The minimum Gasteiger partial charge on any atom is -0.493 e. The van der Waals surface area contributed by atoms with Gasteiger partial charge in [-0.2, -0.15) is 0 Å². The summed E-state index contributed by atoms with van der Waals surface area (Å²) < 4.78 is 15.9. The number of nitrogens with one attached hydrogen (secondary N) is 2. The topological polar surface area (TPSA) is 88.3 Å². The van der Waals surface area contributed by atoms with Crippen molar-refractivity contribution in [2.24, 2.45) is 4.99 Å². The van der Waals surface area contributed by atoms with E-state index in [4.69, 9.17) is 13.9 Å². The summed E-state index contributed by atoms with van der Waals surface area (Å²) in [6.07, 6.45) is 1.54. The van der Waals surface area contributed by atoms with Crippen molar-refractivity contribution in [3.05, 3.63) is 47.9 Å². The van der Waals surface area contributed by atoms with Crippen LogP contribution in [0.4, 0.5) is 0 Å². The highest BCUT2D eigenvalue weighted by atomic mass is 16.5. The molecule has 1 aromatic heterocycles. The molecule has 0 aliphatic carbocycles. The third kappa shape index (κ3) is 5.16. The maximum Gasteiger partial charge on any atom is 0.191 e. The zero-order valence-electron chi connectivity index (χ0n) is 15.7. The van der Waals surface area contributed by atoms with Gasteiger partial charge in [-0.25, -0.2) is 4.99 Å². The van der Waals surface area contributed by atoms with Gasteiger partial charge in [-0.1, -0.05) is 6.07 Å². The summed E-state index contributed by atoms with van der Waals surface area (Å²) in [5, 5.41) is 16.8. The van der Waals surface area contributed by atoms with Gasteiger partial charge >= 0.3 is 0 Å². The minimum atomic E-state index is -1.14. The molecule has 0 spiro atoms. The average Bonchev–Trinajstić information content (AvgIpc) is 3.19. The van der Waals surface area contributed by atoms with E-state index in [0.29, 0.717) is 36.3 Å². The summed E-state index contributed by atoms with van der Waals surface area (Å²) in [4.78, 5) is 4.56. The Balaban J connectivity index is 2.04. The Hall–Kier alpha value is -2.67. The van der Waals surface area contributed by atoms with E-state index in [9.17, 15) is 5.11 Å². The van der Waals surface area contributed by atoms with E-state index in [1.54, 1.807) is 39.5 Å². The van der Waals surface area contributed by atoms with Gasteiger partial charge in [-0.15, -0.1) is 0 Å². The van der Waals surface area contributed by atoms with Gasteiger partial charge < -0.3 is 29.6 Å². The lowest BCUT2D eigenvalue weighted by molar-refractivity contribution is 0.0386. The number of nitrogens with zero attached hydrogens (tertiary/aromatic N) is 1. The maximum absolute atomic E-state index is 10.5. The van der Waals surface area contributed by atoms with E-state index < -0.39 is 5.60 Å². The van der Waals surface area contributed by atoms with Crippen molar-refractivity contribution in [3.8, 4) is 11.5 Å². The molecule has 2 rings (SSSR count). The van der Waals surface area contributed by atoms with Crippen LogP contribution in [0.15, 0.2) is 46.0 Å². The molecule has 26 heavy (non-hydrogen) atoms. The van der Waals surface area contributed by atoms with E-state index in [-0.39, 0.29) is 6.54 Å². The molecular weight excluding hydrogens is 334 g/mol. The number of aliphatic imine (C=N–C) groups is 1. The smallest absolute Gasteiger partial charge is 0.191 e. The molecule has 0 bridgehead atoms.